The SMILES string of the molecule is CCCC(C)C1CCC2CCCC2N1. The molecule has 14 heavy (non-hydrogen) atoms. The molecule has 82 valence electrons. The first-order chi connectivity index (χ1) is 6.81. The van der Waals surface area contributed by atoms with Crippen molar-refractivity contribution in [1.29, 1.82) is 0 Å². The quantitative estimate of drug-likeness (QED) is 0.728. The maximum Gasteiger partial charge on any atom is 0.00980 e. The van der Waals surface area contributed by atoms with Gasteiger partial charge < -0.3 is 5.32 Å². The molecule has 2 fully saturated rings. The van der Waals surface area contributed by atoms with Gasteiger partial charge >= 0.3 is 0 Å². The predicted octanol–water partition coefficient (Wildman–Crippen LogP) is 3.34. The summed E-state index contributed by atoms with van der Waals surface area (Å²) in [7, 11) is 0. The minimum atomic E-state index is 0.828. The number of nitrogens with one attached hydrogen (secondary N) is 1. The molecule has 4 atom stereocenters. The van der Waals surface area contributed by atoms with Gasteiger partial charge in [-0.2, -0.15) is 0 Å². The highest BCUT2D eigenvalue weighted by Crippen LogP contribution is 2.35. The second-order valence-corrected chi connectivity index (χ2v) is 5.41. The van der Waals surface area contributed by atoms with E-state index in [1.54, 1.807) is 0 Å². The van der Waals surface area contributed by atoms with E-state index in [9.17, 15) is 0 Å². The summed E-state index contributed by atoms with van der Waals surface area (Å²) >= 11 is 0. The van der Waals surface area contributed by atoms with Crippen molar-refractivity contribution in [2.45, 2.75) is 70.9 Å². The molecule has 1 saturated heterocycles. The van der Waals surface area contributed by atoms with Gasteiger partial charge in [0.1, 0.15) is 0 Å². The molecule has 0 aromatic heterocycles. The van der Waals surface area contributed by atoms with Gasteiger partial charge in [0.2, 0.25) is 0 Å². The molecule has 0 spiro atoms. The highest BCUT2D eigenvalue weighted by atomic mass is 15.0. The van der Waals surface area contributed by atoms with Crippen LogP contribution in [0.25, 0.3) is 0 Å². The Hall–Kier alpha value is -0.0400. The Morgan fingerprint density at radius 1 is 1.21 bits per heavy atom. The highest BCUT2D eigenvalue weighted by molar-refractivity contribution is 4.92. The van der Waals surface area contributed by atoms with Gasteiger partial charge in [-0.15, -0.1) is 0 Å². The van der Waals surface area contributed by atoms with Crippen LogP contribution >= 0.6 is 0 Å². The molecule has 2 aliphatic rings. The van der Waals surface area contributed by atoms with Crippen molar-refractivity contribution >= 4 is 0 Å². The fourth-order valence-electron chi connectivity index (χ4n) is 3.46. The van der Waals surface area contributed by atoms with Gasteiger partial charge in [0.05, 0.1) is 0 Å². The van der Waals surface area contributed by atoms with Gasteiger partial charge in [-0.3, -0.25) is 0 Å². The molecule has 4 unspecified atom stereocenters. The highest BCUT2D eigenvalue weighted by Gasteiger charge is 2.34. The van der Waals surface area contributed by atoms with Crippen molar-refractivity contribution < 1.29 is 0 Å². The Bertz CT molecular complexity index is 178. The van der Waals surface area contributed by atoms with Crippen molar-refractivity contribution in [3.63, 3.8) is 0 Å². The van der Waals surface area contributed by atoms with Crippen LogP contribution < -0.4 is 5.32 Å². The standard InChI is InChI=1S/C13H25N/c1-3-5-10(2)12-9-8-11-6-4-7-13(11)14-12/h10-14H,3-9H2,1-2H3. The average Bonchev–Trinajstić information content (AvgIpc) is 2.64. The van der Waals surface area contributed by atoms with Crippen molar-refractivity contribution in [2.75, 3.05) is 0 Å². The van der Waals surface area contributed by atoms with Gasteiger partial charge in [-0.05, 0) is 43.9 Å². The van der Waals surface area contributed by atoms with Gasteiger partial charge in [0, 0.05) is 12.1 Å². The largest absolute Gasteiger partial charge is 0.311 e. The molecule has 0 radical (unpaired) electrons. The van der Waals surface area contributed by atoms with Crippen LogP contribution in [-0.4, -0.2) is 12.1 Å². The second-order valence-electron chi connectivity index (χ2n) is 5.41. The van der Waals surface area contributed by atoms with Gasteiger partial charge in [0.15, 0.2) is 0 Å². The molecule has 0 bridgehead atoms. The lowest BCUT2D eigenvalue weighted by atomic mass is 9.83. The van der Waals surface area contributed by atoms with E-state index < -0.39 is 0 Å². The predicted molar refractivity (Wildman–Crippen MR) is 61.4 cm³/mol. The lowest BCUT2D eigenvalue weighted by molar-refractivity contribution is 0.208. The molecule has 0 amide bonds. The van der Waals surface area contributed by atoms with Crippen molar-refractivity contribution in [3.05, 3.63) is 0 Å². The van der Waals surface area contributed by atoms with E-state index in [-0.39, 0.29) is 0 Å². The van der Waals surface area contributed by atoms with E-state index in [2.05, 4.69) is 19.2 Å². The maximum absolute atomic E-state index is 3.90. The van der Waals surface area contributed by atoms with Crippen LogP contribution in [0.15, 0.2) is 0 Å². The molecule has 1 N–H and O–H groups in total. The molecule has 1 aliphatic carbocycles. The van der Waals surface area contributed by atoms with E-state index in [1.165, 1.54) is 44.9 Å². The molecule has 2 rings (SSSR count). The summed E-state index contributed by atoms with van der Waals surface area (Å²) in [5, 5.41) is 3.90. The third-order valence-electron chi connectivity index (χ3n) is 4.37. The first-order valence-electron chi connectivity index (χ1n) is 6.57. The Morgan fingerprint density at radius 2 is 2.07 bits per heavy atom. The van der Waals surface area contributed by atoms with E-state index in [0.29, 0.717) is 0 Å². The van der Waals surface area contributed by atoms with Crippen molar-refractivity contribution in [3.8, 4) is 0 Å². The molecule has 1 aliphatic heterocycles. The van der Waals surface area contributed by atoms with Crippen LogP contribution in [0.4, 0.5) is 0 Å². The summed E-state index contributed by atoms with van der Waals surface area (Å²) < 4.78 is 0. The number of fused-ring (bicyclic) bond motifs is 1. The van der Waals surface area contributed by atoms with Crippen molar-refractivity contribution in [2.24, 2.45) is 11.8 Å². The Balaban J connectivity index is 1.84. The molecule has 1 saturated carbocycles. The number of piperidine rings is 1. The van der Waals surface area contributed by atoms with E-state index >= 15 is 0 Å². The fourth-order valence-corrected chi connectivity index (χ4v) is 3.46. The summed E-state index contributed by atoms with van der Waals surface area (Å²) in [5.74, 6) is 1.92. The Labute approximate surface area is 88.7 Å². The van der Waals surface area contributed by atoms with Gasteiger partial charge in [0.25, 0.3) is 0 Å². The number of rotatable bonds is 3. The van der Waals surface area contributed by atoms with Crippen LogP contribution in [0.1, 0.15) is 58.8 Å². The molecule has 0 aromatic rings. The van der Waals surface area contributed by atoms with Gasteiger partial charge in [-0.1, -0.05) is 26.7 Å². The Morgan fingerprint density at radius 3 is 2.86 bits per heavy atom. The van der Waals surface area contributed by atoms with Crippen LogP contribution in [0.3, 0.4) is 0 Å². The maximum atomic E-state index is 3.90. The smallest absolute Gasteiger partial charge is 0.00980 e. The summed E-state index contributed by atoms with van der Waals surface area (Å²) in [6.07, 6.45) is 10.1. The van der Waals surface area contributed by atoms with Crippen molar-refractivity contribution in [1.82, 2.24) is 5.32 Å². The van der Waals surface area contributed by atoms with E-state index in [1.807, 2.05) is 0 Å². The number of hydrogen-bond acceptors (Lipinski definition) is 1. The molecular formula is C13H25N. The summed E-state index contributed by atoms with van der Waals surface area (Å²) in [6, 6.07) is 1.71. The normalized spacial score (nSPS) is 39.4. The third kappa shape index (κ3) is 2.13. The van der Waals surface area contributed by atoms with Gasteiger partial charge in [-0.25, -0.2) is 0 Å². The van der Waals surface area contributed by atoms with E-state index in [0.717, 1.165) is 23.9 Å². The zero-order valence-corrected chi connectivity index (χ0v) is 9.76. The molecule has 1 nitrogen and oxygen atoms in total. The molecule has 1 heteroatoms. The van der Waals surface area contributed by atoms with Crippen LogP contribution in [0.2, 0.25) is 0 Å². The minimum absolute atomic E-state index is 0.828. The topological polar surface area (TPSA) is 12.0 Å². The lowest BCUT2D eigenvalue weighted by Crippen LogP contribution is -2.48. The molecule has 1 heterocycles. The minimum Gasteiger partial charge on any atom is -0.311 e. The van der Waals surface area contributed by atoms with Crippen LogP contribution in [-0.2, 0) is 0 Å². The zero-order chi connectivity index (χ0) is 9.97. The van der Waals surface area contributed by atoms with E-state index in [4.69, 9.17) is 0 Å². The second kappa shape index (κ2) is 4.65. The summed E-state index contributed by atoms with van der Waals surface area (Å²) in [5.41, 5.74) is 0. The summed E-state index contributed by atoms with van der Waals surface area (Å²) in [6.45, 7) is 4.73. The fraction of sp³-hybridized carbons (Fsp3) is 1.00. The molecular weight excluding hydrogens is 170 g/mol. The first-order valence-corrected chi connectivity index (χ1v) is 6.57. The van der Waals surface area contributed by atoms with Crippen LogP contribution in [0, 0.1) is 11.8 Å². The summed E-state index contributed by atoms with van der Waals surface area (Å²) in [4.78, 5) is 0. The zero-order valence-electron chi connectivity index (χ0n) is 9.76. The third-order valence-corrected chi connectivity index (χ3v) is 4.37. The average molecular weight is 195 g/mol. The monoisotopic (exact) mass is 195 g/mol. The lowest BCUT2D eigenvalue weighted by Gasteiger charge is -2.36. The molecule has 0 aromatic carbocycles. The first kappa shape index (κ1) is 10.5. The Kier molecular flexibility index (Phi) is 3.48. The number of hydrogen-bond donors (Lipinski definition) is 1. The van der Waals surface area contributed by atoms with Crippen LogP contribution in [0.5, 0.6) is 0 Å².